The maximum absolute atomic E-state index is 12.9. The van der Waals surface area contributed by atoms with Crippen LogP contribution in [0.3, 0.4) is 0 Å². The van der Waals surface area contributed by atoms with Crippen molar-refractivity contribution in [2.45, 2.75) is 32.1 Å². The van der Waals surface area contributed by atoms with E-state index in [1.54, 1.807) is 19.2 Å². The maximum atomic E-state index is 12.9. The fourth-order valence-electron chi connectivity index (χ4n) is 3.97. The van der Waals surface area contributed by atoms with Crippen molar-refractivity contribution < 1.29 is 18.3 Å². The van der Waals surface area contributed by atoms with Gasteiger partial charge in [0.1, 0.15) is 5.52 Å². The van der Waals surface area contributed by atoms with E-state index < -0.39 is 16.1 Å². The SMILES string of the molecule is CNc1nc2c(C)cc(C)nc2n1-c1ccc(CCN(C(=O)O)S(=O)(=O)c2ccc(C)cc2)cc1. The molecule has 4 aromatic rings. The van der Waals surface area contributed by atoms with E-state index in [-0.39, 0.29) is 17.9 Å². The largest absolute Gasteiger partial charge is 0.464 e. The Morgan fingerprint density at radius 1 is 1.03 bits per heavy atom. The molecule has 0 saturated carbocycles. The van der Waals surface area contributed by atoms with Crippen LogP contribution in [0.15, 0.2) is 59.5 Å². The highest BCUT2D eigenvalue weighted by atomic mass is 32.2. The Balaban J connectivity index is 1.59. The Morgan fingerprint density at radius 2 is 1.69 bits per heavy atom. The molecule has 0 atom stereocenters. The molecule has 2 aromatic heterocycles. The van der Waals surface area contributed by atoms with Crippen molar-refractivity contribution >= 4 is 33.2 Å². The van der Waals surface area contributed by atoms with Gasteiger partial charge in [-0.25, -0.2) is 27.5 Å². The Labute approximate surface area is 204 Å². The first kappa shape index (κ1) is 24.2. The number of rotatable bonds is 7. The Hall–Kier alpha value is -3.92. The van der Waals surface area contributed by atoms with Crippen LogP contribution in [0.4, 0.5) is 10.7 Å². The van der Waals surface area contributed by atoms with E-state index in [9.17, 15) is 18.3 Å². The molecule has 9 nitrogen and oxygen atoms in total. The number of benzene rings is 2. The fraction of sp³-hybridized carbons (Fsp3) is 0.240. The summed E-state index contributed by atoms with van der Waals surface area (Å²) < 4.78 is 28.2. The lowest BCUT2D eigenvalue weighted by Gasteiger charge is -2.19. The number of anilines is 1. The molecule has 35 heavy (non-hydrogen) atoms. The standard InChI is InChI=1S/C25H27N5O4S/c1-16-5-11-21(12-6-16)35(33,34)29(25(31)32)14-13-19-7-9-20(10-8-19)30-23-22(28-24(30)26-4)17(2)15-18(3)27-23/h5-12,15H,13-14H2,1-4H3,(H,26,28)(H,31,32). The molecule has 2 N–H and O–H groups in total. The molecule has 0 fully saturated rings. The number of nitrogens with zero attached hydrogens (tertiary/aromatic N) is 4. The lowest BCUT2D eigenvalue weighted by Crippen LogP contribution is -2.37. The molecule has 0 unspecified atom stereocenters. The summed E-state index contributed by atoms with van der Waals surface area (Å²) >= 11 is 0. The molecule has 2 aromatic carbocycles. The van der Waals surface area contributed by atoms with E-state index in [0.29, 0.717) is 10.3 Å². The van der Waals surface area contributed by atoms with Gasteiger partial charge < -0.3 is 10.4 Å². The number of pyridine rings is 1. The molecule has 1 amide bonds. The van der Waals surface area contributed by atoms with Gasteiger partial charge in [-0.2, -0.15) is 0 Å². The molecule has 0 saturated heterocycles. The average molecular weight is 494 g/mol. The third kappa shape index (κ3) is 4.69. The van der Waals surface area contributed by atoms with E-state index in [0.717, 1.165) is 39.2 Å². The van der Waals surface area contributed by atoms with Crippen LogP contribution in [0.25, 0.3) is 16.9 Å². The highest BCUT2D eigenvalue weighted by Gasteiger charge is 2.28. The van der Waals surface area contributed by atoms with Crippen molar-refractivity contribution in [3.8, 4) is 5.69 Å². The van der Waals surface area contributed by atoms with Gasteiger partial charge in [0.2, 0.25) is 5.95 Å². The monoisotopic (exact) mass is 493 g/mol. The molecule has 10 heteroatoms. The number of sulfonamides is 1. The van der Waals surface area contributed by atoms with Crippen LogP contribution in [0, 0.1) is 20.8 Å². The molecule has 0 radical (unpaired) electrons. The minimum atomic E-state index is -4.17. The van der Waals surface area contributed by atoms with Crippen molar-refractivity contribution in [1.82, 2.24) is 18.8 Å². The second-order valence-corrected chi connectivity index (χ2v) is 10.2. The summed E-state index contributed by atoms with van der Waals surface area (Å²) in [7, 11) is -2.37. The number of fused-ring (bicyclic) bond motifs is 1. The van der Waals surface area contributed by atoms with Crippen molar-refractivity contribution in [2.24, 2.45) is 0 Å². The van der Waals surface area contributed by atoms with Crippen LogP contribution >= 0.6 is 0 Å². The first-order valence-corrected chi connectivity index (χ1v) is 12.5. The van der Waals surface area contributed by atoms with Crippen LogP contribution in [-0.2, 0) is 16.4 Å². The molecular weight excluding hydrogens is 466 g/mol. The number of hydrogen-bond donors (Lipinski definition) is 2. The molecule has 4 rings (SSSR count). The summed E-state index contributed by atoms with van der Waals surface area (Å²) in [6.07, 6.45) is -1.28. The lowest BCUT2D eigenvalue weighted by molar-refractivity contribution is 0.172. The van der Waals surface area contributed by atoms with Crippen molar-refractivity contribution in [1.29, 1.82) is 0 Å². The fourth-order valence-corrected chi connectivity index (χ4v) is 5.24. The van der Waals surface area contributed by atoms with E-state index in [4.69, 9.17) is 0 Å². The lowest BCUT2D eigenvalue weighted by atomic mass is 10.1. The minimum Gasteiger partial charge on any atom is -0.464 e. The van der Waals surface area contributed by atoms with Gasteiger partial charge in [-0.3, -0.25) is 4.57 Å². The summed E-state index contributed by atoms with van der Waals surface area (Å²) in [6, 6.07) is 15.6. The third-order valence-electron chi connectivity index (χ3n) is 5.78. The first-order valence-electron chi connectivity index (χ1n) is 11.1. The second kappa shape index (κ2) is 9.38. The maximum Gasteiger partial charge on any atom is 0.421 e. The van der Waals surface area contributed by atoms with Gasteiger partial charge in [-0.1, -0.05) is 29.8 Å². The molecule has 2 heterocycles. The Bertz CT molecular complexity index is 1490. The summed E-state index contributed by atoms with van der Waals surface area (Å²) in [5, 5.41) is 12.7. The zero-order chi connectivity index (χ0) is 25.3. The van der Waals surface area contributed by atoms with Gasteiger partial charge in [0.25, 0.3) is 10.0 Å². The van der Waals surface area contributed by atoms with Crippen molar-refractivity contribution in [3.63, 3.8) is 0 Å². The average Bonchev–Trinajstić information content (AvgIpc) is 3.18. The molecular formula is C25H27N5O4S. The molecule has 0 bridgehead atoms. The van der Waals surface area contributed by atoms with Crippen LogP contribution in [-0.4, -0.2) is 52.1 Å². The number of aromatic nitrogens is 3. The topological polar surface area (TPSA) is 117 Å². The van der Waals surface area contributed by atoms with Crippen molar-refractivity contribution in [3.05, 3.63) is 77.0 Å². The molecule has 0 spiro atoms. The van der Waals surface area contributed by atoms with Gasteiger partial charge >= 0.3 is 6.09 Å². The predicted octanol–water partition coefficient (Wildman–Crippen LogP) is 4.30. The normalized spacial score (nSPS) is 11.5. The summed E-state index contributed by atoms with van der Waals surface area (Å²) in [6.45, 7) is 5.57. The van der Waals surface area contributed by atoms with Crippen LogP contribution in [0.5, 0.6) is 0 Å². The van der Waals surface area contributed by atoms with Crippen LogP contribution in [0.1, 0.15) is 22.4 Å². The summed E-state index contributed by atoms with van der Waals surface area (Å²) in [5.74, 6) is 0.648. The van der Waals surface area contributed by atoms with E-state index >= 15 is 0 Å². The molecule has 0 aliphatic heterocycles. The van der Waals surface area contributed by atoms with Gasteiger partial charge in [0, 0.05) is 19.3 Å². The van der Waals surface area contributed by atoms with E-state index in [2.05, 4.69) is 15.3 Å². The quantitative estimate of drug-likeness (QED) is 0.394. The van der Waals surface area contributed by atoms with E-state index in [1.165, 1.54) is 12.1 Å². The van der Waals surface area contributed by atoms with Crippen LogP contribution in [0.2, 0.25) is 0 Å². The summed E-state index contributed by atoms with van der Waals surface area (Å²) in [4.78, 5) is 21.1. The Morgan fingerprint density at radius 3 is 2.29 bits per heavy atom. The molecule has 182 valence electrons. The summed E-state index contributed by atoms with van der Waals surface area (Å²) in [5.41, 5.74) is 5.99. The minimum absolute atomic E-state index is 0.0504. The number of hydrogen-bond acceptors (Lipinski definition) is 6. The van der Waals surface area contributed by atoms with Gasteiger partial charge in [-0.05, 0) is 68.7 Å². The smallest absolute Gasteiger partial charge is 0.421 e. The number of imidazole rings is 1. The second-order valence-electron chi connectivity index (χ2n) is 8.36. The van der Waals surface area contributed by atoms with E-state index in [1.807, 2.05) is 55.7 Å². The number of carboxylic acid groups (broad SMARTS) is 1. The Kier molecular flexibility index (Phi) is 6.49. The number of amides is 1. The zero-order valence-corrected chi connectivity index (χ0v) is 20.8. The van der Waals surface area contributed by atoms with Crippen LogP contribution < -0.4 is 5.32 Å². The highest BCUT2D eigenvalue weighted by Crippen LogP contribution is 2.26. The molecule has 0 aliphatic rings. The number of aryl methyl sites for hydroxylation is 3. The first-order chi connectivity index (χ1) is 16.6. The number of carbonyl (C=O) groups is 1. The number of nitrogens with one attached hydrogen (secondary N) is 1. The van der Waals surface area contributed by atoms with Gasteiger partial charge in [0.15, 0.2) is 5.65 Å². The van der Waals surface area contributed by atoms with Gasteiger partial charge in [-0.15, -0.1) is 0 Å². The zero-order valence-electron chi connectivity index (χ0n) is 20.0. The molecule has 0 aliphatic carbocycles. The van der Waals surface area contributed by atoms with Crippen molar-refractivity contribution in [2.75, 3.05) is 18.9 Å². The third-order valence-corrected chi connectivity index (χ3v) is 7.57. The van der Waals surface area contributed by atoms with Gasteiger partial charge in [0.05, 0.1) is 10.6 Å². The predicted molar refractivity (Wildman–Crippen MR) is 135 cm³/mol. The highest BCUT2D eigenvalue weighted by molar-refractivity contribution is 7.89.